The highest BCUT2D eigenvalue weighted by Crippen LogP contribution is 2.15. The number of Topliss-reactive ketones (excluding diaryl/α,β-unsaturated/α-hetero) is 1. The lowest BCUT2D eigenvalue weighted by Gasteiger charge is -2.07. The van der Waals surface area contributed by atoms with Crippen LogP contribution in [0.5, 0.6) is 0 Å². The van der Waals surface area contributed by atoms with Gasteiger partial charge in [-0.2, -0.15) is 0 Å². The van der Waals surface area contributed by atoms with Crippen LogP contribution in [0.2, 0.25) is 0 Å². The number of carbonyl (C=O) groups is 1. The Labute approximate surface area is 108 Å². The van der Waals surface area contributed by atoms with Gasteiger partial charge in [-0.25, -0.2) is 0 Å². The summed E-state index contributed by atoms with van der Waals surface area (Å²) in [7, 11) is 0. The van der Waals surface area contributed by atoms with Gasteiger partial charge in [-0.1, -0.05) is 43.3 Å². The monoisotopic (exact) mass is 238 g/mol. The summed E-state index contributed by atoms with van der Waals surface area (Å²) in [6.45, 7) is 3.74. The Morgan fingerprint density at radius 2 is 1.61 bits per heavy atom. The van der Waals surface area contributed by atoms with Crippen molar-refractivity contribution in [3.63, 3.8) is 0 Å². The first kappa shape index (κ1) is 12.6. The summed E-state index contributed by atoms with van der Waals surface area (Å²) in [6, 6.07) is 16.5. The van der Waals surface area contributed by atoms with Gasteiger partial charge in [0.1, 0.15) is 0 Å². The molecule has 0 aliphatic rings. The lowest BCUT2D eigenvalue weighted by Crippen LogP contribution is -1.98. The van der Waals surface area contributed by atoms with E-state index in [0.29, 0.717) is 0 Å². The van der Waals surface area contributed by atoms with Crippen LogP contribution in [0, 0.1) is 0 Å². The van der Waals surface area contributed by atoms with E-state index in [4.69, 9.17) is 0 Å². The highest BCUT2D eigenvalue weighted by molar-refractivity contribution is 5.94. The van der Waals surface area contributed by atoms with Crippen molar-refractivity contribution in [1.82, 2.24) is 0 Å². The van der Waals surface area contributed by atoms with E-state index in [1.165, 1.54) is 16.7 Å². The van der Waals surface area contributed by atoms with Crippen molar-refractivity contribution in [3.05, 3.63) is 70.8 Å². The molecule has 2 aromatic carbocycles. The minimum Gasteiger partial charge on any atom is -0.295 e. The Bertz CT molecular complexity index is 541. The van der Waals surface area contributed by atoms with Crippen molar-refractivity contribution in [2.24, 2.45) is 0 Å². The van der Waals surface area contributed by atoms with E-state index >= 15 is 0 Å². The highest BCUT2D eigenvalue weighted by Gasteiger charge is 2.04. The fraction of sp³-hybridized carbons (Fsp3) is 0.235. The second kappa shape index (κ2) is 5.63. The lowest BCUT2D eigenvalue weighted by atomic mass is 9.97. The van der Waals surface area contributed by atoms with Crippen LogP contribution >= 0.6 is 0 Å². The Morgan fingerprint density at radius 3 is 2.22 bits per heavy atom. The second-order valence-corrected chi connectivity index (χ2v) is 4.61. The number of rotatable bonds is 4. The smallest absolute Gasteiger partial charge is 0.159 e. The molecule has 1 heteroatoms. The summed E-state index contributed by atoms with van der Waals surface area (Å²) in [5.74, 6) is 0.139. The van der Waals surface area contributed by atoms with E-state index in [1.54, 1.807) is 6.92 Å². The molecule has 0 bridgehead atoms. The molecule has 0 saturated carbocycles. The summed E-state index contributed by atoms with van der Waals surface area (Å²) in [6.07, 6.45) is 1.85. The number of hydrogen-bond acceptors (Lipinski definition) is 1. The van der Waals surface area contributed by atoms with Gasteiger partial charge < -0.3 is 0 Å². The van der Waals surface area contributed by atoms with Crippen molar-refractivity contribution in [3.8, 4) is 0 Å². The number of ketones is 1. The van der Waals surface area contributed by atoms with Crippen LogP contribution in [0.25, 0.3) is 0 Å². The largest absolute Gasteiger partial charge is 0.295 e. The molecule has 0 aliphatic heterocycles. The summed E-state index contributed by atoms with van der Waals surface area (Å²) < 4.78 is 0. The van der Waals surface area contributed by atoms with Gasteiger partial charge in [-0.15, -0.1) is 0 Å². The number of aryl methyl sites for hydroxylation is 1. The molecule has 0 saturated heterocycles. The van der Waals surface area contributed by atoms with Gasteiger partial charge in [0, 0.05) is 5.56 Å². The van der Waals surface area contributed by atoms with Crippen LogP contribution in [-0.4, -0.2) is 5.78 Å². The lowest BCUT2D eigenvalue weighted by molar-refractivity contribution is 0.101. The van der Waals surface area contributed by atoms with Crippen molar-refractivity contribution in [2.45, 2.75) is 26.7 Å². The summed E-state index contributed by atoms with van der Waals surface area (Å²) in [5.41, 5.74) is 4.54. The van der Waals surface area contributed by atoms with Gasteiger partial charge in [-0.3, -0.25) is 4.79 Å². The number of carbonyl (C=O) groups excluding carboxylic acids is 1. The zero-order chi connectivity index (χ0) is 13.0. The third-order valence-corrected chi connectivity index (χ3v) is 3.12. The zero-order valence-corrected chi connectivity index (χ0v) is 10.9. The average molecular weight is 238 g/mol. The number of hydrogen-bond donors (Lipinski definition) is 0. The fourth-order valence-electron chi connectivity index (χ4n) is 2.10. The Balaban J connectivity index is 2.32. The maximum absolute atomic E-state index is 11.5. The average Bonchev–Trinajstić information content (AvgIpc) is 2.39. The van der Waals surface area contributed by atoms with Crippen molar-refractivity contribution < 1.29 is 4.79 Å². The molecule has 92 valence electrons. The van der Waals surface area contributed by atoms with Crippen molar-refractivity contribution in [2.75, 3.05) is 0 Å². The maximum atomic E-state index is 11.5. The van der Waals surface area contributed by atoms with Gasteiger partial charge in [-0.05, 0) is 48.6 Å². The Kier molecular flexibility index (Phi) is 3.93. The molecule has 2 aromatic rings. The van der Waals surface area contributed by atoms with Gasteiger partial charge in [0.2, 0.25) is 0 Å². The van der Waals surface area contributed by atoms with E-state index < -0.39 is 0 Å². The van der Waals surface area contributed by atoms with Gasteiger partial charge in [0.15, 0.2) is 5.78 Å². The SMILES string of the molecule is CCc1cc(Cc2ccccc2)cc(C(C)=O)c1. The first-order valence-corrected chi connectivity index (χ1v) is 6.36. The van der Waals surface area contributed by atoms with Crippen molar-refractivity contribution >= 4 is 5.78 Å². The quantitative estimate of drug-likeness (QED) is 0.735. The van der Waals surface area contributed by atoms with E-state index in [2.05, 4.69) is 25.1 Å². The van der Waals surface area contributed by atoms with Crippen LogP contribution in [0.1, 0.15) is 40.9 Å². The van der Waals surface area contributed by atoms with Crippen LogP contribution in [-0.2, 0) is 12.8 Å². The Hall–Kier alpha value is -1.89. The Morgan fingerprint density at radius 1 is 0.944 bits per heavy atom. The molecule has 0 aromatic heterocycles. The molecule has 2 rings (SSSR count). The molecule has 0 radical (unpaired) electrons. The molecule has 0 fully saturated rings. The predicted molar refractivity (Wildman–Crippen MR) is 75.1 cm³/mol. The molecule has 0 atom stereocenters. The molecular weight excluding hydrogens is 220 g/mol. The van der Waals surface area contributed by atoms with E-state index in [-0.39, 0.29) is 5.78 Å². The fourth-order valence-corrected chi connectivity index (χ4v) is 2.10. The van der Waals surface area contributed by atoms with Crippen LogP contribution in [0.4, 0.5) is 0 Å². The first-order chi connectivity index (χ1) is 8.69. The van der Waals surface area contributed by atoms with Gasteiger partial charge in [0.05, 0.1) is 0 Å². The molecule has 0 N–H and O–H groups in total. The van der Waals surface area contributed by atoms with Gasteiger partial charge >= 0.3 is 0 Å². The maximum Gasteiger partial charge on any atom is 0.159 e. The van der Waals surface area contributed by atoms with E-state index in [1.807, 2.05) is 30.3 Å². The second-order valence-electron chi connectivity index (χ2n) is 4.61. The molecule has 1 nitrogen and oxygen atoms in total. The van der Waals surface area contributed by atoms with Crippen LogP contribution in [0.3, 0.4) is 0 Å². The minimum absolute atomic E-state index is 0.139. The number of benzene rings is 2. The normalized spacial score (nSPS) is 10.3. The standard InChI is InChI=1S/C17H18O/c1-3-14-9-16(12-17(11-14)13(2)18)10-15-7-5-4-6-8-15/h4-9,11-12H,3,10H2,1-2H3. The molecule has 0 aliphatic carbocycles. The third kappa shape index (κ3) is 3.07. The first-order valence-electron chi connectivity index (χ1n) is 6.36. The molecular formula is C17H18O. The molecule has 0 spiro atoms. The third-order valence-electron chi connectivity index (χ3n) is 3.12. The minimum atomic E-state index is 0.139. The molecule has 0 heterocycles. The summed E-state index contributed by atoms with van der Waals surface area (Å²) in [5, 5.41) is 0. The summed E-state index contributed by atoms with van der Waals surface area (Å²) >= 11 is 0. The van der Waals surface area contributed by atoms with Crippen LogP contribution < -0.4 is 0 Å². The topological polar surface area (TPSA) is 17.1 Å². The summed E-state index contributed by atoms with van der Waals surface area (Å²) in [4.78, 5) is 11.5. The molecule has 18 heavy (non-hydrogen) atoms. The predicted octanol–water partition coefficient (Wildman–Crippen LogP) is 4.04. The van der Waals surface area contributed by atoms with Crippen LogP contribution in [0.15, 0.2) is 48.5 Å². The van der Waals surface area contributed by atoms with Crippen molar-refractivity contribution in [1.29, 1.82) is 0 Å². The van der Waals surface area contributed by atoms with E-state index in [9.17, 15) is 4.79 Å². The van der Waals surface area contributed by atoms with E-state index in [0.717, 1.165) is 18.4 Å². The highest BCUT2D eigenvalue weighted by atomic mass is 16.1. The molecule has 0 unspecified atom stereocenters. The zero-order valence-electron chi connectivity index (χ0n) is 10.9. The van der Waals surface area contributed by atoms with Gasteiger partial charge in [0.25, 0.3) is 0 Å². The molecule has 0 amide bonds.